The van der Waals surface area contributed by atoms with Crippen molar-refractivity contribution in [2.24, 2.45) is 0 Å². The Bertz CT molecular complexity index is 1130. The summed E-state index contributed by atoms with van der Waals surface area (Å²) in [5, 5.41) is 6.97. The number of para-hydroxylation sites is 1. The van der Waals surface area contributed by atoms with E-state index >= 15 is 0 Å². The van der Waals surface area contributed by atoms with Crippen molar-refractivity contribution < 1.29 is 19.1 Å². The van der Waals surface area contributed by atoms with E-state index < -0.39 is 0 Å². The molecule has 5 rings (SSSR count). The number of hydrogen-bond acceptors (Lipinski definition) is 4. The molecule has 3 amide bonds. The molecular weight excluding hydrogens is 396 g/mol. The van der Waals surface area contributed by atoms with Crippen LogP contribution in [-0.4, -0.2) is 48.9 Å². The van der Waals surface area contributed by atoms with E-state index in [1.54, 1.807) is 4.90 Å². The Morgan fingerprint density at radius 1 is 1.06 bits per heavy atom. The van der Waals surface area contributed by atoms with Crippen molar-refractivity contribution in [2.75, 3.05) is 31.2 Å². The molecule has 2 N–H and O–H groups in total. The quantitative estimate of drug-likeness (QED) is 0.664. The molecule has 0 bridgehead atoms. The summed E-state index contributed by atoms with van der Waals surface area (Å²) in [4.78, 5) is 26.5. The normalized spacial score (nSPS) is 17.7. The topological polar surface area (TPSA) is 84.8 Å². The smallest absolute Gasteiger partial charge is 0.315 e. The third kappa shape index (κ3) is 4.01. The number of carbonyl (C=O) groups is 2. The van der Waals surface area contributed by atoms with E-state index in [0.29, 0.717) is 44.3 Å². The van der Waals surface area contributed by atoms with Crippen LogP contribution in [0.5, 0.6) is 11.5 Å². The number of fused-ring (bicyclic) bond motifs is 2. The fraction of sp³-hybridized carbons (Fsp3) is 0.304. The fourth-order valence-electron chi connectivity index (χ4n) is 4.12. The predicted octanol–water partition coefficient (Wildman–Crippen LogP) is 2.52. The average Bonchev–Trinajstić information content (AvgIpc) is 3.36. The highest BCUT2D eigenvalue weighted by Crippen LogP contribution is 2.35. The molecule has 160 valence electrons. The maximum absolute atomic E-state index is 12.5. The number of carbonyl (C=O) groups excluding carboxylic acids is 2. The second-order valence-corrected chi connectivity index (χ2v) is 7.70. The van der Waals surface area contributed by atoms with Crippen LogP contribution in [0.2, 0.25) is 0 Å². The molecule has 1 fully saturated rings. The molecular formula is C23H24N4O4. The summed E-state index contributed by atoms with van der Waals surface area (Å²) in [7, 11) is 0. The van der Waals surface area contributed by atoms with Gasteiger partial charge in [-0.3, -0.25) is 4.79 Å². The highest BCUT2D eigenvalue weighted by atomic mass is 16.6. The molecule has 0 radical (unpaired) electrons. The van der Waals surface area contributed by atoms with Crippen molar-refractivity contribution in [3.63, 3.8) is 0 Å². The lowest BCUT2D eigenvalue weighted by Gasteiger charge is -2.22. The molecule has 0 saturated carbocycles. The van der Waals surface area contributed by atoms with Crippen LogP contribution in [0.3, 0.4) is 0 Å². The lowest BCUT2D eigenvalue weighted by atomic mass is 10.2. The number of amides is 3. The van der Waals surface area contributed by atoms with Crippen molar-refractivity contribution in [1.82, 2.24) is 15.2 Å². The van der Waals surface area contributed by atoms with Crippen LogP contribution in [0.4, 0.5) is 10.5 Å². The molecule has 3 aromatic rings. The summed E-state index contributed by atoms with van der Waals surface area (Å²) in [6.45, 7) is 2.61. The van der Waals surface area contributed by atoms with Crippen molar-refractivity contribution >= 4 is 28.5 Å². The van der Waals surface area contributed by atoms with Gasteiger partial charge in [-0.15, -0.1) is 0 Å². The zero-order chi connectivity index (χ0) is 21.2. The Hall–Kier alpha value is -3.68. The summed E-state index contributed by atoms with van der Waals surface area (Å²) < 4.78 is 13.3. The molecule has 2 aliphatic rings. The molecule has 8 heteroatoms. The minimum atomic E-state index is -0.265. The van der Waals surface area contributed by atoms with Gasteiger partial charge in [-0.1, -0.05) is 18.2 Å². The maximum atomic E-state index is 12.5. The number of anilines is 1. The van der Waals surface area contributed by atoms with Crippen molar-refractivity contribution in [3.8, 4) is 11.5 Å². The van der Waals surface area contributed by atoms with E-state index in [-0.39, 0.29) is 24.4 Å². The molecule has 8 nitrogen and oxygen atoms in total. The predicted molar refractivity (Wildman–Crippen MR) is 117 cm³/mol. The minimum absolute atomic E-state index is 0.0270. The Kier molecular flexibility index (Phi) is 5.11. The molecule has 1 saturated heterocycles. The number of hydrogen-bond donors (Lipinski definition) is 2. The molecule has 0 aliphatic carbocycles. The van der Waals surface area contributed by atoms with Crippen molar-refractivity contribution in [2.45, 2.75) is 19.0 Å². The summed E-state index contributed by atoms with van der Waals surface area (Å²) in [6, 6.07) is 15.2. The van der Waals surface area contributed by atoms with Crippen molar-refractivity contribution in [3.05, 3.63) is 54.7 Å². The van der Waals surface area contributed by atoms with Gasteiger partial charge in [0.1, 0.15) is 13.2 Å². The summed E-state index contributed by atoms with van der Waals surface area (Å²) in [5.74, 6) is 1.30. The van der Waals surface area contributed by atoms with E-state index in [1.165, 1.54) is 5.39 Å². The monoisotopic (exact) mass is 420 g/mol. The van der Waals surface area contributed by atoms with E-state index in [9.17, 15) is 9.59 Å². The Morgan fingerprint density at radius 2 is 1.90 bits per heavy atom. The van der Waals surface area contributed by atoms with E-state index in [0.717, 1.165) is 11.2 Å². The van der Waals surface area contributed by atoms with E-state index in [2.05, 4.69) is 33.4 Å². The number of nitrogens with one attached hydrogen (secondary N) is 2. The largest absolute Gasteiger partial charge is 0.486 e. The Balaban J connectivity index is 1.14. The van der Waals surface area contributed by atoms with Gasteiger partial charge in [-0.25, -0.2) is 4.79 Å². The number of aromatic nitrogens is 1. The number of ether oxygens (including phenoxy) is 2. The second kappa shape index (κ2) is 8.22. The van der Waals surface area contributed by atoms with E-state index in [4.69, 9.17) is 9.47 Å². The fourth-order valence-corrected chi connectivity index (χ4v) is 4.12. The van der Waals surface area contributed by atoms with Crippen LogP contribution in [-0.2, 0) is 11.3 Å². The molecule has 1 unspecified atom stereocenters. The molecule has 3 heterocycles. The first kappa shape index (κ1) is 19.3. The lowest BCUT2D eigenvalue weighted by Crippen LogP contribution is -2.44. The minimum Gasteiger partial charge on any atom is -0.486 e. The van der Waals surface area contributed by atoms with Gasteiger partial charge in [0.15, 0.2) is 11.5 Å². The zero-order valence-electron chi connectivity index (χ0n) is 17.0. The highest BCUT2D eigenvalue weighted by Gasteiger charge is 2.32. The van der Waals surface area contributed by atoms with E-state index in [1.807, 2.05) is 36.5 Å². The highest BCUT2D eigenvalue weighted by molar-refractivity contribution is 5.97. The zero-order valence-corrected chi connectivity index (χ0v) is 17.0. The maximum Gasteiger partial charge on any atom is 0.315 e. The molecule has 31 heavy (non-hydrogen) atoms. The lowest BCUT2D eigenvalue weighted by molar-refractivity contribution is -0.117. The summed E-state index contributed by atoms with van der Waals surface area (Å²) in [6.07, 6.45) is 2.29. The average molecular weight is 420 g/mol. The van der Waals surface area contributed by atoms with Gasteiger partial charge >= 0.3 is 6.03 Å². The Labute approximate surface area is 179 Å². The third-order valence-electron chi connectivity index (χ3n) is 5.62. The first-order valence-corrected chi connectivity index (χ1v) is 10.5. The number of nitrogens with zero attached hydrogens (tertiary/aromatic N) is 2. The first-order valence-electron chi connectivity index (χ1n) is 10.5. The van der Waals surface area contributed by atoms with Gasteiger partial charge in [0.2, 0.25) is 5.91 Å². The molecule has 2 aliphatic heterocycles. The van der Waals surface area contributed by atoms with Crippen LogP contribution in [0.15, 0.2) is 54.7 Å². The standard InChI is InChI=1S/C23H24N4O4/c28-22-13-17(15-27(22)18-5-6-20-21(14-18)31-12-11-30-20)25-23(29)24-8-10-26-9-7-16-3-1-2-4-19(16)26/h1-7,9,14,17H,8,10-13,15H2,(H2,24,25,29). The first-order chi connectivity index (χ1) is 15.2. The third-order valence-corrected chi connectivity index (χ3v) is 5.62. The number of urea groups is 1. The molecule has 0 spiro atoms. The molecule has 1 atom stereocenters. The van der Waals surface area contributed by atoms with Crippen LogP contribution in [0.25, 0.3) is 10.9 Å². The van der Waals surface area contributed by atoms with Gasteiger partial charge in [-0.05, 0) is 29.7 Å². The molecule has 2 aromatic carbocycles. The van der Waals surface area contributed by atoms with Crippen molar-refractivity contribution in [1.29, 1.82) is 0 Å². The second-order valence-electron chi connectivity index (χ2n) is 7.70. The van der Waals surface area contributed by atoms with Gasteiger partial charge in [0.05, 0.1) is 6.04 Å². The number of rotatable bonds is 5. The Morgan fingerprint density at radius 3 is 2.81 bits per heavy atom. The van der Waals surface area contributed by atoms with Gasteiger partial charge in [0.25, 0.3) is 0 Å². The van der Waals surface area contributed by atoms with Gasteiger partial charge in [-0.2, -0.15) is 0 Å². The van der Waals surface area contributed by atoms with Gasteiger partial charge < -0.3 is 29.6 Å². The SMILES string of the molecule is O=C(NCCn1ccc2ccccc21)NC1CC(=O)N(c2ccc3c(c2)OCCO3)C1. The van der Waals surface area contributed by atoms with Crippen LogP contribution in [0.1, 0.15) is 6.42 Å². The van der Waals surface area contributed by atoms with Crippen LogP contribution < -0.4 is 25.0 Å². The van der Waals surface area contributed by atoms with Gasteiger partial charge in [0, 0.05) is 49.5 Å². The molecule has 1 aromatic heterocycles. The summed E-state index contributed by atoms with van der Waals surface area (Å²) >= 11 is 0. The summed E-state index contributed by atoms with van der Waals surface area (Å²) in [5.41, 5.74) is 1.89. The van der Waals surface area contributed by atoms with Crippen LogP contribution >= 0.6 is 0 Å². The van der Waals surface area contributed by atoms with Crippen LogP contribution in [0, 0.1) is 0 Å². The number of benzene rings is 2.